The van der Waals surface area contributed by atoms with Gasteiger partial charge in [0.15, 0.2) is 0 Å². The molecule has 1 aromatic carbocycles. The van der Waals surface area contributed by atoms with Crippen molar-refractivity contribution in [3.63, 3.8) is 0 Å². The lowest BCUT2D eigenvalue weighted by Crippen LogP contribution is -2.33. The van der Waals surface area contributed by atoms with E-state index in [9.17, 15) is 0 Å². The van der Waals surface area contributed by atoms with Gasteiger partial charge >= 0.3 is 0 Å². The Balaban J connectivity index is 1.64. The smallest absolute Gasteiger partial charge is 0.147 e. The van der Waals surface area contributed by atoms with E-state index in [1.165, 1.54) is 11.1 Å². The second-order valence-corrected chi connectivity index (χ2v) is 5.53. The minimum absolute atomic E-state index is 0.428. The number of nitrogens with two attached hydrogens (primary N) is 1. The van der Waals surface area contributed by atoms with Crippen molar-refractivity contribution in [1.82, 2.24) is 19.7 Å². The molecule has 0 aliphatic carbocycles. The van der Waals surface area contributed by atoms with Gasteiger partial charge in [0, 0.05) is 19.6 Å². The van der Waals surface area contributed by atoms with Crippen LogP contribution in [-0.4, -0.2) is 32.8 Å². The standard InChI is InChI=1S/C15H21N5/c1-12(8-16)14-4-2-13(3-5-14)9-19-6-7-20-11-17-18-15(20)10-19/h2-5,11-12H,6-10,16H2,1H3. The highest BCUT2D eigenvalue weighted by molar-refractivity contribution is 5.25. The van der Waals surface area contributed by atoms with Gasteiger partial charge in [-0.05, 0) is 23.6 Å². The van der Waals surface area contributed by atoms with Gasteiger partial charge in [0.2, 0.25) is 0 Å². The number of aromatic nitrogens is 3. The summed E-state index contributed by atoms with van der Waals surface area (Å²) in [6, 6.07) is 8.81. The van der Waals surface area contributed by atoms with Crippen LogP contribution in [0.4, 0.5) is 0 Å². The van der Waals surface area contributed by atoms with Gasteiger partial charge in [0.05, 0.1) is 6.54 Å². The first-order chi connectivity index (χ1) is 9.76. The van der Waals surface area contributed by atoms with Crippen molar-refractivity contribution >= 4 is 0 Å². The molecule has 0 saturated heterocycles. The monoisotopic (exact) mass is 271 g/mol. The Labute approximate surface area is 119 Å². The zero-order valence-electron chi connectivity index (χ0n) is 11.9. The third kappa shape index (κ3) is 2.73. The molecule has 0 bridgehead atoms. The van der Waals surface area contributed by atoms with E-state index < -0.39 is 0 Å². The number of hydrogen-bond donors (Lipinski definition) is 1. The SMILES string of the molecule is CC(CN)c1ccc(CN2CCn3cnnc3C2)cc1. The van der Waals surface area contributed by atoms with E-state index in [4.69, 9.17) is 5.73 Å². The third-order valence-corrected chi connectivity index (χ3v) is 4.03. The fourth-order valence-electron chi connectivity index (χ4n) is 2.60. The van der Waals surface area contributed by atoms with E-state index >= 15 is 0 Å². The molecule has 1 aliphatic heterocycles. The molecule has 0 spiro atoms. The molecule has 1 aliphatic rings. The molecule has 0 amide bonds. The largest absolute Gasteiger partial charge is 0.330 e. The summed E-state index contributed by atoms with van der Waals surface area (Å²) in [5.41, 5.74) is 8.36. The number of nitrogens with zero attached hydrogens (tertiary/aromatic N) is 4. The highest BCUT2D eigenvalue weighted by Gasteiger charge is 2.17. The average Bonchev–Trinajstić information content (AvgIpc) is 2.95. The Morgan fingerprint density at radius 2 is 2.05 bits per heavy atom. The Hall–Kier alpha value is -1.72. The molecule has 106 valence electrons. The lowest BCUT2D eigenvalue weighted by molar-refractivity contribution is 0.209. The number of rotatable bonds is 4. The molecule has 0 fully saturated rings. The van der Waals surface area contributed by atoms with Crippen LogP contribution in [0.1, 0.15) is 29.8 Å². The highest BCUT2D eigenvalue weighted by Crippen LogP contribution is 2.17. The van der Waals surface area contributed by atoms with Crippen molar-refractivity contribution in [2.75, 3.05) is 13.1 Å². The maximum Gasteiger partial charge on any atom is 0.147 e. The molecule has 0 radical (unpaired) electrons. The zero-order chi connectivity index (χ0) is 13.9. The Morgan fingerprint density at radius 1 is 1.25 bits per heavy atom. The topological polar surface area (TPSA) is 60.0 Å². The van der Waals surface area contributed by atoms with E-state index in [0.29, 0.717) is 12.5 Å². The molecule has 0 saturated carbocycles. The van der Waals surface area contributed by atoms with Gasteiger partial charge in [-0.15, -0.1) is 10.2 Å². The van der Waals surface area contributed by atoms with Gasteiger partial charge in [-0.1, -0.05) is 31.2 Å². The molecular weight excluding hydrogens is 250 g/mol. The molecule has 1 aromatic heterocycles. The van der Waals surface area contributed by atoms with Crippen LogP contribution in [-0.2, 0) is 19.6 Å². The summed E-state index contributed by atoms with van der Waals surface area (Å²) in [4.78, 5) is 2.41. The van der Waals surface area contributed by atoms with Crippen molar-refractivity contribution in [3.05, 3.63) is 47.5 Å². The second kappa shape index (κ2) is 5.73. The molecule has 3 rings (SSSR count). The first-order valence-electron chi connectivity index (χ1n) is 7.14. The summed E-state index contributed by atoms with van der Waals surface area (Å²) < 4.78 is 2.13. The van der Waals surface area contributed by atoms with Gasteiger partial charge in [-0.2, -0.15) is 0 Å². The van der Waals surface area contributed by atoms with Gasteiger partial charge in [-0.3, -0.25) is 4.90 Å². The lowest BCUT2D eigenvalue weighted by atomic mass is 10.00. The fraction of sp³-hybridized carbons (Fsp3) is 0.467. The average molecular weight is 271 g/mol. The Morgan fingerprint density at radius 3 is 2.80 bits per heavy atom. The van der Waals surface area contributed by atoms with Crippen LogP contribution >= 0.6 is 0 Å². The van der Waals surface area contributed by atoms with Crippen LogP contribution in [0.3, 0.4) is 0 Å². The number of hydrogen-bond acceptors (Lipinski definition) is 4. The van der Waals surface area contributed by atoms with Crippen molar-refractivity contribution < 1.29 is 0 Å². The van der Waals surface area contributed by atoms with Crippen LogP contribution in [0.15, 0.2) is 30.6 Å². The molecule has 20 heavy (non-hydrogen) atoms. The number of fused-ring (bicyclic) bond motifs is 1. The lowest BCUT2D eigenvalue weighted by Gasteiger charge is -2.27. The first-order valence-corrected chi connectivity index (χ1v) is 7.14. The van der Waals surface area contributed by atoms with Gasteiger partial charge in [0.25, 0.3) is 0 Å². The first kappa shape index (κ1) is 13.3. The predicted octanol–water partition coefficient (Wildman–Crippen LogP) is 1.36. The maximum atomic E-state index is 5.70. The summed E-state index contributed by atoms with van der Waals surface area (Å²) >= 11 is 0. The van der Waals surface area contributed by atoms with Crippen molar-refractivity contribution in [3.8, 4) is 0 Å². The molecule has 2 N–H and O–H groups in total. The summed E-state index contributed by atoms with van der Waals surface area (Å²) in [7, 11) is 0. The van der Waals surface area contributed by atoms with Crippen LogP contribution < -0.4 is 5.73 Å². The molecule has 1 atom stereocenters. The highest BCUT2D eigenvalue weighted by atomic mass is 15.3. The van der Waals surface area contributed by atoms with Crippen molar-refractivity contribution in [2.24, 2.45) is 5.73 Å². The van der Waals surface area contributed by atoms with E-state index in [2.05, 4.69) is 50.9 Å². The predicted molar refractivity (Wildman–Crippen MR) is 78.0 cm³/mol. The van der Waals surface area contributed by atoms with Crippen LogP contribution in [0.2, 0.25) is 0 Å². The number of benzene rings is 1. The van der Waals surface area contributed by atoms with E-state index in [1.54, 1.807) is 0 Å². The summed E-state index contributed by atoms with van der Waals surface area (Å²) in [6.07, 6.45) is 1.82. The normalized spacial score (nSPS) is 16.9. The molecule has 5 nitrogen and oxygen atoms in total. The van der Waals surface area contributed by atoms with Crippen molar-refractivity contribution in [1.29, 1.82) is 0 Å². The van der Waals surface area contributed by atoms with Crippen LogP contribution in [0.5, 0.6) is 0 Å². The van der Waals surface area contributed by atoms with E-state index in [0.717, 1.165) is 32.0 Å². The van der Waals surface area contributed by atoms with Crippen LogP contribution in [0.25, 0.3) is 0 Å². The van der Waals surface area contributed by atoms with E-state index in [-0.39, 0.29) is 0 Å². The maximum absolute atomic E-state index is 5.70. The Bertz CT molecular complexity index is 560. The third-order valence-electron chi connectivity index (χ3n) is 4.03. The summed E-state index contributed by atoms with van der Waals surface area (Å²) in [5, 5.41) is 8.11. The van der Waals surface area contributed by atoms with Crippen molar-refractivity contribution in [2.45, 2.75) is 32.5 Å². The van der Waals surface area contributed by atoms with Crippen LogP contribution in [0, 0.1) is 0 Å². The molecule has 1 unspecified atom stereocenters. The second-order valence-electron chi connectivity index (χ2n) is 5.53. The zero-order valence-corrected chi connectivity index (χ0v) is 11.9. The van der Waals surface area contributed by atoms with Gasteiger partial charge in [0.1, 0.15) is 12.2 Å². The molecule has 2 heterocycles. The quantitative estimate of drug-likeness (QED) is 0.912. The van der Waals surface area contributed by atoms with Gasteiger partial charge < -0.3 is 10.3 Å². The summed E-state index contributed by atoms with van der Waals surface area (Å²) in [6.45, 7) is 6.72. The minimum Gasteiger partial charge on any atom is -0.330 e. The molecule has 2 aromatic rings. The molecule has 5 heteroatoms. The Kier molecular flexibility index (Phi) is 3.80. The molecular formula is C15H21N5. The fourth-order valence-corrected chi connectivity index (χ4v) is 2.60. The van der Waals surface area contributed by atoms with E-state index in [1.807, 2.05) is 6.33 Å². The van der Waals surface area contributed by atoms with Gasteiger partial charge in [-0.25, -0.2) is 0 Å². The minimum atomic E-state index is 0.428. The summed E-state index contributed by atoms with van der Waals surface area (Å²) in [5.74, 6) is 1.49.